The molecule has 0 bridgehead atoms. The number of hydrogen-bond acceptors (Lipinski definition) is 2. The van der Waals surface area contributed by atoms with Gasteiger partial charge in [0.05, 0.1) is 5.69 Å². The standard InChI is InChI=1S/C9H12N2O2/c1-6-5-11(7-2-3-7)8(10-6)4-9(12)13/h5,7H,2-4H2,1H3,(H,12,13). The summed E-state index contributed by atoms with van der Waals surface area (Å²) in [7, 11) is 0. The summed E-state index contributed by atoms with van der Waals surface area (Å²) in [6.45, 7) is 1.89. The van der Waals surface area contributed by atoms with Crippen LogP contribution in [0.3, 0.4) is 0 Å². The van der Waals surface area contributed by atoms with Crippen molar-refractivity contribution >= 4 is 5.97 Å². The molecule has 13 heavy (non-hydrogen) atoms. The molecule has 0 spiro atoms. The summed E-state index contributed by atoms with van der Waals surface area (Å²) >= 11 is 0. The molecular formula is C9H12N2O2. The molecule has 0 atom stereocenters. The summed E-state index contributed by atoms with van der Waals surface area (Å²) in [4.78, 5) is 14.7. The van der Waals surface area contributed by atoms with E-state index in [1.807, 2.05) is 17.7 Å². The maximum atomic E-state index is 10.5. The van der Waals surface area contributed by atoms with E-state index in [4.69, 9.17) is 5.11 Å². The first-order chi connectivity index (χ1) is 6.16. The quantitative estimate of drug-likeness (QED) is 0.759. The third kappa shape index (κ3) is 1.71. The van der Waals surface area contributed by atoms with Crippen molar-refractivity contribution in [3.8, 4) is 0 Å². The molecule has 0 saturated heterocycles. The minimum Gasteiger partial charge on any atom is -0.481 e. The van der Waals surface area contributed by atoms with Crippen LogP contribution < -0.4 is 0 Å². The van der Waals surface area contributed by atoms with Crippen molar-refractivity contribution in [3.05, 3.63) is 17.7 Å². The first kappa shape index (κ1) is 8.29. The van der Waals surface area contributed by atoms with Crippen LogP contribution in [0.4, 0.5) is 0 Å². The van der Waals surface area contributed by atoms with Gasteiger partial charge in [-0.2, -0.15) is 0 Å². The molecule has 0 aliphatic heterocycles. The van der Waals surface area contributed by atoms with Crippen LogP contribution in [0.25, 0.3) is 0 Å². The highest BCUT2D eigenvalue weighted by Gasteiger charge is 2.26. The Kier molecular flexibility index (Phi) is 1.83. The van der Waals surface area contributed by atoms with E-state index in [9.17, 15) is 4.79 Å². The van der Waals surface area contributed by atoms with Crippen LogP contribution in [-0.4, -0.2) is 20.6 Å². The number of aryl methyl sites for hydroxylation is 1. The van der Waals surface area contributed by atoms with Crippen LogP contribution in [0.2, 0.25) is 0 Å². The lowest BCUT2D eigenvalue weighted by atomic mass is 10.4. The lowest BCUT2D eigenvalue weighted by Gasteiger charge is -2.02. The van der Waals surface area contributed by atoms with Crippen LogP contribution in [0.5, 0.6) is 0 Å². The van der Waals surface area contributed by atoms with E-state index in [1.54, 1.807) is 0 Å². The Balaban J connectivity index is 2.25. The van der Waals surface area contributed by atoms with Crippen LogP contribution in [0.15, 0.2) is 6.20 Å². The Bertz CT molecular complexity index is 339. The summed E-state index contributed by atoms with van der Waals surface area (Å²) in [6.07, 6.45) is 4.28. The molecule has 1 aliphatic carbocycles. The molecule has 1 aliphatic rings. The Morgan fingerprint density at radius 1 is 1.77 bits per heavy atom. The number of carboxylic acids is 1. The first-order valence-corrected chi connectivity index (χ1v) is 4.43. The van der Waals surface area contributed by atoms with Crippen molar-refractivity contribution in [1.29, 1.82) is 0 Å². The van der Waals surface area contributed by atoms with Crippen molar-refractivity contribution in [2.75, 3.05) is 0 Å². The number of aromatic nitrogens is 2. The molecule has 4 heteroatoms. The number of aliphatic carboxylic acids is 1. The second-order valence-corrected chi connectivity index (χ2v) is 3.51. The van der Waals surface area contributed by atoms with Gasteiger partial charge in [0.25, 0.3) is 0 Å². The Morgan fingerprint density at radius 3 is 3.00 bits per heavy atom. The minimum atomic E-state index is -0.812. The van der Waals surface area contributed by atoms with Gasteiger partial charge in [-0.25, -0.2) is 4.98 Å². The maximum absolute atomic E-state index is 10.5. The van der Waals surface area contributed by atoms with Crippen molar-refractivity contribution in [1.82, 2.24) is 9.55 Å². The van der Waals surface area contributed by atoms with E-state index in [1.165, 1.54) is 0 Å². The number of nitrogens with zero attached hydrogens (tertiary/aromatic N) is 2. The molecule has 4 nitrogen and oxygen atoms in total. The molecule has 1 N–H and O–H groups in total. The molecule has 0 unspecified atom stereocenters. The number of rotatable bonds is 3. The van der Waals surface area contributed by atoms with Gasteiger partial charge in [0.15, 0.2) is 0 Å². The molecule has 1 aromatic rings. The average Bonchev–Trinajstić information content (AvgIpc) is 2.77. The number of hydrogen-bond donors (Lipinski definition) is 1. The lowest BCUT2D eigenvalue weighted by Crippen LogP contribution is -2.07. The molecule has 2 rings (SSSR count). The van der Waals surface area contributed by atoms with Gasteiger partial charge < -0.3 is 9.67 Å². The van der Waals surface area contributed by atoms with Crippen LogP contribution in [0, 0.1) is 6.92 Å². The van der Waals surface area contributed by atoms with Crippen LogP contribution in [-0.2, 0) is 11.2 Å². The van der Waals surface area contributed by atoms with Crippen molar-refractivity contribution in [3.63, 3.8) is 0 Å². The molecule has 1 aromatic heterocycles. The lowest BCUT2D eigenvalue weighted by molar-refractivity contribution is -0.136. The highest BCUT2D eigenvalue weighted by molar-refractivity contribution is 5.69. The van der Waals surface area contributed by atoms with Gasteiger partial charge in [-0.05, 0) is 19.8 Å². The SMILES string of the molecule is Cc1cn(C2CC2)c(CC(=O)O)n1. The van der Waals surface area contributed by atoms with Gasteiger partial charge in [0.1, 0.15) is 12.2 Å². The van der Waals surface area contributed by atoms with Crippen LogP contribution >= 0.6 is 0 Å². The van der Waals surface area contributed by atoms with E-state index in [0.717, 1.165) is 18.5 Å². The maximum Gasteiger partial charge on any atom is 0.311 e. The third-order valence-corrected chi connectivity index (χ3v) is 2.18. The first-order valence-electron chi connectivity index (χ1n) is 4.43. The molecular weight excluding hydrogens is 168 g/mol. The summed E-state index contributed by atoms with van der Waals surface area (Å²) in [6, 6.07) is 0.510. The molecule has 70 valence electrons. The smallest absolute Gasteiger partial charge is 0.311 e. The second kappa shape index (κ2) is 2.87. The summed E-state index contributed by atoms with van der Waals surface area (Å²) < 4.78 is 2.00. The van der Waals surface area contributed by atoms with E-state index >= 15 is 0 Å². The summed E-state index contributed by atoms with van der Waals surface area (Å²) in [5, 5.41) is 8.65. The highest BCUT2D eigenvalue weighted by atomic mass is 16.4. The van der Waals surface area contributed by atoms with Gasteiger partial charge in [-0.3, -0.25) is 4.79 Å². The van der Waals surface area contributed by atoms with Gasteiger partial charge in [0, 0.05) is 12.2 Å². The van der Waals surface area contributed by atoms with Crippen molar-refractivity contribution in [2.24, 2.45) is 0 Å². The molecule has 1 heterocycles. The Hall–Kier alpha value is -1.32. The zero-order valence-corrected chi connectivity index (χ0v) is 7.53. The third-order valence-electron chi connectivity index (χ3n) is 2.18. The number of carbonyl (C=O) groups is 1. The Labute approximate surface area is 76.2 Å². The fraction of sp³-hybridized carbons (Fsp3) is 0.556. The zero-order valence-electron chi connectivity index (χ0n) is 7.53. The van der Waals surface area contributed by atoms with E-state index in [-0.39, 0.29) is 6.42 Å². The summed E-state index contributed by atoms with van der Waals surface area (Å²) in [5.74, 6) is -0.125. The molecule has 1 fully saturated rings. The number of carboxylic acid groups (broad SMARTS) is 1. The minimum absolute atomic E-state index is 0.0321. The normalized spacial score (nSPS) is 16.1. The molecule has 0 aromatic carbocycles. The summed E-state index contributed by atoms with van der Waals surface area (Å²) in [5.41, 5.74) is 0.906. The highest BCUT2D eigenvalue weighted by Crippen LogP contribution is 2.35. The predicted octanol–water partition coefficient (Wildman–Crippen LogP) is 1.15. The average molecular weight is 180 g/mol. The van der Waals surface area contributed by atoms with E-state index < -0.39 is 5.97 Å². The fourth-order valence-corrected chi connectivity index (χ4v) is 1.50. The van der Waals surface area contributed by atoms with Crippen LogP contribution in [0.1, 0.15) is 30.4 Å². The van der Waals surface area contributed by atoms with Crippen molar-refractivity contribution in [2.45, 2.75) is 32.2 Å². The fourth-order valence-electron chi connectivity index (χ4n) is 1.50. The second-order valence-electron chi connectivity index (χ2n) is 3.51. The number of imidazole rings is 1. The van der Waals surface area contributed by atoms with Gasteiger partial charge in [-0.1, -0.05) is 0 Å². The zero-order chi connectivity index (χ0) is 9.42. The van der Waals surface area contributed by atoms with Gasteiger partial charge in [-0.15, -0.1) is 0 Å². The monoisotopic (exact) mass is 180 g/mol. The van der Waals surface area contributed by atoms with Gasteiger partial charge in [0.2, 0.25) is 0 Å². The predicted molar refractivity (Wildman–Crippen MR) is 46.6 cm³/mol. The largest absolute Gasteiger partial charge is 0.481 e. The van der Waals surface area contributed by atoms with E-state index in [2.05, 4.69) is 4.98 Å². The molecule has 1 saturated carbocycles. The Morgan fingerprint density at radius 2 is 2.46 bits per heavy atom. The molecule has 0 radical (unpaired) electrons. The molecule has 0 amide bonds. The topological polar surface area (TPSA) is 55.1 Å². The van der Waals surface area contributed by atoms with E-state index in [0.29, 0.717) is 11.9 Å². The van der Waals surface area contributed by atoms with Gasteiger partial charge >= 0.3 is 5.97 Å². The van der Waals surface area contributed by atoms with Crippen molar-refractivity contribution < 1.29 is 9.90 Å².